The van der Waals surface area contributed by atoms with Gasteiger partial charge in [-0.05, 0) is 88.8 Å². The molecule has 0 bridgehead atoms. The van der Waals surface area contributed by atoms with E-state index in [1.165, 1.54) is 18.2 Å². The zero-order chi connectivity index (χ0) is 20.8. The minimum absolute atomic E-state index is 0.115. The molecule has 0 saturated carbocycles. The van der Waals surface area contributed by atoms with Gasteiger partial charge >= 0.3 is 0 Å². The maximum atomic E-state index is 13.1. The fraction of sp³-hybridized carbons (Fsp3) is 0.400. The number of carbonyl (C=O) groups excluding carboxylic acids is 1. The maximum Gasteiger partial charge on any atom is 0.189 e. The Morgan fingerprint density at radius 2 is 1.59 bits per heavy atom. The predicted octanol–water partition coefficient (Wildman–Crippen LogP) is 5.93. The molecule has 0 atom stereocenters. The molecule has 0 saturated heterocycles. The highest BCUT2D eigenvalue weighted by Gasteiger charge is 2.36. The molecular formula is C25H27FO3. The monoisotopic (exact) mass is 394 g/mol. The van der Waals surface area contributed by atoms with E-state index in [-0.39, 0.29) is 22.8 Å². The lowest BCUT2D eigenvalue weighted by Crippen LogP contribution is -2.37. The molecule has 0 aliphatic carbocycles. The molecule has 0 aromatic heterocycles. The summed E-state index contributed by atoms with van der Waals surface area (Å²) >= 11 is 0. The van der Waals surface area contributed by atoms with Crippen LogP contribution in [0.3, 0.4) is 0 Å². The summed E-state index contributed by atoms with van der Waals surface area (Å²) in [5.74, 6) is 1.13. The summed E-state index contributed by atoms with van der Waals surface area (Å²) in [6.45, 7) is 8.28. The van der Waals surface area contributed by atoms with Crippen LogP contribution in [0.15, 0.2) is 36.4 Å². The first-order valence-electron chi connectivity index (χ1n) is 10.2. The third-order valence-electron chi connectivity index (χ3n) is 5.70. The molecule has 0 N–H and O–H groups in total. The van der Waals surface area contributed by atoms with E-state index in [9.17, 15) is 9.18 Å². The lowest BCUT2D eigenvalue weighted by Gasteiger charge is -2.39. The molecule has 0 amide bonds. The number of hydrogen-bond acceptors (Lipinski definition) is 3. The standard InChI is InChI=1S/C25H27FO3/c1-24(2)13-11-17-15-20(21(27)10-7-16-5-8-18(26)9-6-16)23-19(22(17)28-24)12-14-25(3,4)29-23/h5-10,15H,11-14H2,1-4H3/b10-7+. The molecule has 4 heteroatoms. The van der Waals surface area contributed by atoms with E-state index in [0.29, 0.717) is 11.3 Å². The van der Waals surface area contributed by atoms with E-state index >= 15 is 0 Å². The van der Waals surface area contributed by atoms with E-state index in [0.717, 1.165) is 48.1 Å². The average Bonchev–Trinajstić information content (AvgIpc) is 2.65. The SMILES string of the molecule is CC1(C)CCc2cc(C(=O)/C=C/c3ccc(F)cc3)c3c(c2O1)CCC(C)(C)O3. The average molecular weight is 394 g/mol. The first-order chi connectivity index (χ1) is 13.6. The Kier molecular flexibility index (Phi) is 4.76. The van der Waals surface area contributed by atoms with Gasteiger partial charge in [-0.3, -0.25) is 4.79 Å². The Balaban J connectivity index is 1.75. The van der Waals surface area contributed by atoms with Crippen LogP contribution in [-0.4, -0.2) is 17.0 Å². The molecule has 4 rings (SSSR count). The zero-order valence-electron chi connectivity index (χ0n) is 17.5. The van der Waals surface area contributed by atoms with Crippen molar-refractivity contribution >= 4 is 11.9 Å². The fourth-order valence-corrected chi connectivity index (χ4v) is 3.96. The summed E-state index contributed by atoms with van der Waals surface area (Å²) in [5, 5.41) is 0. The van der Waals surface area contributed by atoms with Crippen molar-refractivity contribution < 1.29 is 18.7 Å². The van der Waals surface area contributed by atoms with Crippen molar-refractivity contribution in [1.82, 2.24) is 0 Å². The Hall–Kier alpha value is -2.62. The molecule has 0 spiro atoms. The molecule has 152 valence electrons. The minimum atomic E-state index is -0.332. The molecule has 2 aromatic carbocycles. The summed E-state index contributed by atoms with van der Waals surface area (Å²) < 4.78 is 25.7. The number of allylic oxidation sites excluding steroid dienone is 1. The van der Waals surface area contributed by atoms with Gasteiger partial charge in [0.05, 0.1) is 5.56 Å². The Labute approximate surface area is 171 Å². The summed E-state index contributed by atoms with van der Waals surface area (Å²) in [7, 11) is 0. The number of hydrogen-bond donors (Lipinski definition) is 0. The van der Waals surface area contributed by atoms with Gasteiger partial charge in [0.1, 0.15) is 28.5 Å². The quantitative estimate of drug-likeness (QED) is 0.478. The lowest BCUT2D eigenvalue weighted by atomic mass is 9.85. The molecule has 3 nitrogen and oxygen atoms in total. The van der Waals surface area contributed by atoms with Gasteiger partial charge in [-0.15, -0.1) is 0 Å². The largest absolute Gasteiger partial charge is 0.487 e. The first-order valence-corrected chi connectivity index (χ1v) is 10.2. The summed E-state index contributed by atoms with van der Waals surface area (Å²) in [5.41, 5.74) is 2.88. The zero-order valence-corrected chi connectivity index (χ0v) is 17.5. The van der Waals surface area contributed by atoms with Crippen molar-refractivity contribution in [2.45, 2.75) is 64.6 Å². The van der Waals surface area contributed by atoms with Crippen molar-refractivity contribution in [3.63, 3.8) is 0 Å². The molecule has 0 unspecified atom stereocenters. The van der Waals surface area contributed by atoms with Crippen molar-refractivity contribution in [2.75, 3.05) is 0 Å². The van der Waals surface area contributed by atoms with Crippen LogP contribution in [0.2, 0.25) is 0 Å². The molecule has 2 aliphatic heterocycles. The van der Waals surface area contributed by atoms with Gasteiger partial charge in [0.25, 0.3) is 0 Å². The van der Waals surface area contributed by atoms with Gasteiger partial charge in [-0.25, -0.2) is 4.39 Å². The van der Waals surface area contributed by atoms with Gasteiger partial charge < -0.3 is 9.47 Å². The van der Waals surface area contributed by atoms with Crippen molar-refractivity contribution in [3.05, 3.63) is 64.5 Å². The number of aryl methyl sites for hydroxylation is 1. The Morgan fingerprint density at radius 3 is 2.28 bits per heavy atom. The van der Waals surface area contributed by atoms with Crippen molar-refractivity contribution in [1.29, 1.82) is 0 Å². The van der Waals surface area contributed by atoms with Crippen LogP contribution in [0.1, 0.15) is 67.6 Å². The molecule has 29 heavy (non-hydrogen) atoms. The molecule has 0 radical (unpaired) electrons. The highest BCUT2D eigenvalue weighted by molar-refractivity contribution is 6.09. The highest BCUT2D eigenvalue weighted by atomic mass is 19.1. The van der Waals surface area contributed by atoms with Crippen LogP contribution < -0.4 is 9.47 Å². The van der Waals surface area contributed by atoms with E-state index in [2.05, 4.69) is 13.8 Å². The van der Waals surface area contributed by atoms with Crippen LogP contribution in [-0.2, 0) is 12.8 Å². The number of ketones is 1. The molecular weight excluding hydrogens is 367 g/mol. The molecule has 2 heterocycles. The number of benzene rings is 2. The number of halogens is 1. The second kappa shape index (κ2) is 7.01. The second-order valence-electron chi connectivity index (χ2n) is 9.19. The van der Waals surface area contributed by atoms with Crippen LogP contribution >= 0.6 is 0 Å². The second-order valence-corrected chi connectivity index (χ2v) is 9.19. The highest BCUT2D eigenvalue weighted by Crippen LogP contribution is 2.46. The smallest absolute Gasteiger partial charge is 0.189 e. The first kappa shape index (κ1) is 19.7. The van der Waals surface area contributed by atoms with Crippen LogP contribution in [0.25, 0.3) is 6.08 Å². The van der Waals surface area contributed by atoms with Crippen molar-refractivity contribution in [3.8, 4) is 11.5 Å². The molecule has 2 aromatic rings. The van der Waals surface area contributed by atoms with E-state index in [1.807, 2.05) is 19.9 Å². The van der Waals surface area contributed by atoms with E-state index < -0.39 is 0 Å². The Bertz CT molecular complexity index is 984. The van der Waals surface area contributed by atoms with Gasteiger partial charge in [0.2, 0.25) is 0 Å². The summed E-state index contributed by atoms with van der Waals surface area (Å²) in [6.07, 6.45) is 6.73. The van der Waals surface area contributed by atoms with E-state index in [4.69, 9.17) is 9.47 Å². The summed E-state index contributed by atoms with van der Waals surface area (Å²) in [4.78, 5) is 13.1. The third kappa shape index (κ3) is 4.07. The minimum Gasteiger partial charge on any atom is -0.487 e. The van der Waals surface area contributed by atoms with Gasteiger partial charge in [0.15, 0.2) is 5.78 Å². The number of rotatable bonds is 3. The molecule has 0 fully saturated rings. The van der Waals surface area contributed by atoms with Gasteiger partial charge in [0, 0.05) is 5.56 Å². The van der Waals surface area contributed by atoms with Crippen LogP contribution in [0.5, 0.6) is 11.5 Å². The predicted molar refractivity (Wildman–Crippen MR) is 112 cm³/mol. The lowest BCUT2D eigenvalue weighted by molar-refractivity contribution is 0.0655. The topological polar surface area (TPSA) is 35.5 Å². The summed E-state index contributed by atoms with van der Waals surface area (Å²) in [6, 6.07) is 8.00. The van der Waals surface area contributed by atoms with Gasteiger partial charge in [-0.2, -0.15) is 0 Å². The number of ether oxygens (including phenoxy) is 2. The fourth-order valence-electron chi connectivity index (χ4n) is 3.96. The third-order valence-corrected chi connectivity index (χ3v) is 5.70. The number of fused-ring (bicyclic) bond motifs is 3. The normalized spacial score (nSPS) is 19.1. The van der Waals surface area contributed by atoms with Crippen molar-refractivity contribution in [2.24, 2.45) is 0 Å². The van der Waals surface area contributed by atoms with Crippen LogP contribution in [0.4, 0.5) is 4.39 Å². The van der Waals surface area contributed by atoms with Crippen LogP contribution in [0, 0.1) is 5.82 Å². The maximum absolute atomic E-state index is 13.1. The Morgan fingerprint density at radius 1 is 0.966 bits per heavy atom. The van der Waals surface area contributed by atoms with Gasteiger partial charge in [-0.1, -0.05) is 18.2 Å². The number of carbonyl (C=O) groups is 1. The van der Waals surface area contributed by atoms with E-state index in [1.54, 1.807) is 18.2 Å². The molecule has 2 aliphatic rings.